The van der Waals surface area contributed by atoms with Crippen molar-refractivity contribution in [3.63, 3.8) is 0 Å². The zero-order valence-electron chi connectivity index (χ0n) is 9.72. The van der Waals surface area contributed by atoms with Gasteiger partial charge in [-0.2, -0.15) is 0 Å². The molecule has 4 heteroatoms. The van der Waals surface area contributed by atoms with Crippen LogP contribution < -0.4 is 5.32 Å². The second kappa shape index (κ2) is 7.30. The number of hydrogen-bond acceptors (Lipinski definition) is 3. The van der Waals surface area contributed by atoms with E-state index < -0.39 is 0 Å². The SMILES string of the molecule is Cl.O=C(C[C@H]1CCNC1)OCc1ccccc1. The Kier molecular flexibility index (Phi) is 6.01. The van der Waals surface area contributed by atoms with Crippen molar-refractivity contribution < 1.29 is 9.53 Å². The second-order valence-corrected chi connectivity index (χ2v) is 4.21. The fourth-order valence-corrected chi connectivity index (χ4v) is 1.92. The largest absolute Gasteiger partial charge is 0.461 e. The van der Waals surface area contributed by atoms with E-state index >= 15 is 0 Å². The predicted octanol–water partition coefficient (Wildman–Crippen LogP) is 2.15. The maximum atomic E-state index is 11.5. The van der Waals surface area contributed by atoms with Gasteiger partial charge in [0.1, 0.15) is 6.61 Å². The van der Waals surface area contributed by atoms with E-state index in [1.165, 1.54) is 0 Å². The van der Waals surface area contributed by atoms with E-state index in [1.54, 1.807) is 0 Å². The fraction of sp³-hybridized carbons (Fsp3) is 0.462. The van der Waals surface area contributed by atoms with E-state index in [0.29, 0.717) is 18.9 Å². The molecule has 1 aliphatic heterocycles. The number of halogens is 1. The van der Waals surface area contributed by atoms with Gasteiger partial charge in [-0.25, -0.2) is 0 Å². The molecule has 1 aliphatic rings. The minimum Gasteiger partial charge on any atom is -0.461 e. The van der Waals surface area contributed by atoms with E-state index in [4.69, 9.17) is 4.74 Å². The third-order valence-electron chi connectivity index (χ3n) is 2.86. The molecular weight excluding hydrogens is 238 g/mol. The lowest BCUT2D eigenvalue weighted by Crippen LogP contribution is -2.14. The van der Waals surface area contributed by atoms with Crippen LogP contribution in [0.25, 0.3) is 0 Å². The van der Waals surface area contributed by atoms with Crippen LogP contribution in [0.15, 0.2) is 30.3 Å². The summed E-state index contributed by atoms with van der Waals surface area (Å²) in [4.78, 5) is 11.5. The molecule has 0 saturated carbocycles. The lowest BCUT2D eigenvalue weighted by atomic mass is 10.1. The molecule has 0 aromatic heterocycles. The first-order valence-electron chi connectivity index (χ1n) is 5.75. The molecule has 1 saturated heterocycles. The fourth-order valence-electron chi connectivity index (χ4n) is 1.92. The van der Waals surface area contributed by atoms with Crippen molar-refractivity contribution in [2.24, 2.45) is 5.92 Å². The Bertz CT molecular complexity index is 337. The Hall–Kier alpha value is -1.06. The minimum atomic E-state index is -0.0856. The summed E-state index contributed by atoms with van der Waals surface area (Å²) in [5.74, 6) is 0.376. The summed E-state index contributed by atoms with van der Waals surface area (Å²) in [5, 5.41) is 3.24. The molecule has 2 rings (SSSR count). The third-order valence-corrected chi connectivity index (χ3v) is 2.86. The lowest BCUT2D eigenvalue weighted by Gasteiger charge is -2.08. The number of nitrogens with one attached hydrogen (secondary N) is 1. The highest BCUT2D eigenvalue weighted by Crippen LogP contribution is 2.13. The van der Waals surface area contributed by atoms with Crippen LogP contribution in [0, 0.1) is 5.92 Å². The summed E-state index contributed by atoms with van der Waals surface area (Å²) in [6.45, 7) is 2.36. The molecule has 0 bridgehead atoms. The number of carbonyl (C=O) groups is 1. The van der Waals surface area contributed by atoms with E-state index in [2.05, 4.69) is 5.32 Å². The minimum absolute atomic E-state index is 0. The van der Waals surface area contributed by atoms with E-state index in [1.807, 2.05) is 30.3 Å². The van der Waals surface area contributed by atoms with Crippen LogP contribution in [0.2, 0.25) is 0 Å². The number of ether oxygens (including phenoxy) is 1. The summed E-state index contributed by atoms with van der Waals surface area (Å²) < 4.78 is 5.22. The van der Waals surface area contributed by atoms with Crippen LogP contribution >= 0.6 is 12.4 Å². The van der Waals surface area contributed by atoms with Crippen LogP contribution in [0.5, 0.6) is 0 Å². The predicted molar refractivity (Wildman–Crippen MR) is 69.1 cm³/mol. The molecule has 0 aliphatic carbocycles. The van der Waals surface area contributed by atoms with Gasteiger partial charge in [-0.15, -0.1) is 12.4 Å². The highest BCUT2D eigenvalue weighted by molar-refractivity contribution is 5.85. The quantitative estimate of drug-likeness (QED) is 0.838. The number of hydrogen-bond donors (Lipinski definition) is 1. The first-order valence-corrected chi connectivity index (χ1v) is 5.75. The van der Waals surface area contributed by atoms with Crippen LogP contribution in [-0.2, 0) is 16.1 Å². The topological polar surface area (TPSA) is 38.3 Å². The van der Waals surface area contributed by atoms with Crippen molar-refractivity contribution in [2.45, 2.75) is 19.4 Å². The first-order chi connectivity index (χ1) is 7.84. The van der Waals surface area contributed by atoms with Crippen molar-refractivity contribution in [3.8, 4) is 0 Å². The zero-order valence-corrected chi connectivity index (χ0v) is 10.5. The Labute approximate surface area is 108 Å². The van der Waals surface area contributed by atoms with Crippen molar-refractivity contribution in [1.82, 2.24) is 5.32 Å². The first kappa shape index (κ1) is 14.0. The number of esters is 1. The summed E-state index contributed by atoms with van der Waals surface area (Å²) in [6.07, 6.45) is 1.63. The highest BCUT2D eigenvalue weighted by Gasteiger charge is 2.18. The molecule has 3 nitrogen and oxygen atoms in total. The molecule has 1 aromatic carbocycles. The van der Waals surface area contributed by atoms with Gasteiger partial charge in [0.2, 0.25) is 0 Å². The van der Waals surface area contributed by atoms with Gasteiger partial charge >= 0.3 is 5.97 Å². The highest BCUT2D eigenvalue weighted by atomic mass is 35.5. The number of carbonyl (C=O) groups excluding carboxylic acids is 1. The average Bonchev–Trinajstić information content (AvgIpc) is 2.81. The molecule has 17 heavy (non-hydrogen) atoms. The molecule has 1 N–H and O–H groups in total. The normalized spacial score (nSPS) is 18.5. The van der Waals surface area contributed by atoms with Gasteiger partial charge in [0.15, 0.2) is 0 Å². The maximum Gasteiger partial charge on any atom is 0.306 e. The van der Waals surface area contributed by atoms with E-state index in [9.17, 15) is 4.79 Å². The molecule has 0 radical (unpaired) electrons. The van der Waals surface area contributed by atoms with Gasteiger partial charge in [0.05, 0.1) is 0 Å². The second-order valence-electron chi connectivity index (χ2n) is 4.21. The molecule has 0 unspecified atom stereocenters. The average molecular weight is 256 g/mol. The smallest absolute Gasteiger partial charge is 0.306 e. The van der Waals surface area contributed by atoms with E-state index in [0.717, 1.165) is 25.1 Å². The molecule has 0 amide bonds. The molecule has 94 valence electrons. The van der Waals surface area contributed by atoms with Gasteiger partial charge in [-0.1, -0.05) is 30.3 Å². The van der Waals surface area contributed by atoms with Crippen molar-refractivity contribution in [1.29, 1.82) is 0 Å². The van der Waals surface area contributed by atoms with Crippen LogP contribution in [0.4, 0.5) is 0 Å². The summed E-state index contributed by atoms with van der Waals surface area (Å²) in [7, 11) is 0. The van der Waals surface area contributed by atoms with Crippen molar-refractivity contribution in [3.05, 3.63) is 35.9 Å². The molecule has 0 spiro atoms. The summed E-state index contributed by atoms with van der Waals surface area (Å²) in [5.41, 5.74) is 1.04. The Morgan fingerprint density at radius 3 is 2.76 bits per heavy atom. The van der Waals surface area contributed by atoms with Crippen LogP contribution in [0.3, 0.4) is 0 Å². The van der Waals surface area contributed by atoms with Gasteiger partial charge in [0, 0.05) is 6.42 Å². The summed E-state index contributed by atoms with van der Waals surface area (Å²) >= 11 is 0. The molecule has 1 atom stereocenters. The van der Waals surface area contributed by atoms with Crippen LogP contribution in [0.1, 0.15) is 18.4 Å². The number of benzene rings is 1. The molecular formula is C13H18ClNO2. The third kappa shape index (κ3) is 4.75. The van der Waals surface area contributed by atoms with Crippen LogP contribution in [-0.4, -0.2) is 19.1 Å². The Morgan fingerprint density at radius 1 is 1.35 bits per heavy atom. The lowest BCUT2D eigenvalue weighted by molar-refractivity contribution is -0.145. The van der Waals surface area contributed by atoms with Gasteiger partial charge in [-0.3, -0.25) is 4.79 Å². The standard InChI is InChI=1S/C13H17NO2.ClH/c15-13(8-12-6-7-14-9-12)16-10-11-4-2-1-3-5-11;/h1-5,12,14H,6-10H2;1H/t12-;/m1./s1. The maximum absolute atomic E-state index is 11.5. The monoisotopic (exact) mass is 255 g/mol. The van der Waals surface area contributed by atoms with Gasteiger partial charge in [0.25, 0.3) is 0 Å². The number of rotatable bonds is 4. The molecule has 1 fully saturated rings. The van der Waals surface area contributed by atoms with Crippen molar-refractivity contribution >= 4 is 18.4 Å². The Balaban J connectivity index is 0.00000144. The van der Waals surface area contributed by atoms with Gasteiger partial charge in [-0.05, 0) is 31.0 Å². The molecule has 1 heterocycles. The van der Waals surface area contributed by atoms with E-state index in [-0.39, 0.29) is 18.4 Å². The molecule has 1 aromatic rings. The zero-order chi connectivity index (χ0) is 11.2. The summed E-state index contributed by atoms with van der Waals surface area (Å²) in [6, 6.07) is 9.78. The van der Waals surface area contributed by atoms with Crippen molar-refractivity contribution in [2.75, 3.05) is 13.1 Å². The Morgan fingerprint density at radius 2 is 2.12 bits per heavy atom. The van der Waals surface area contributed by atoms with Gasteiger partial charge < -0.3 is 10.1 Å².